The topological polar surface area (TPSA) is 169 Å². The monoisotopic (exact) mass is 920 g/mol. The van der Waals surface area contributed by atoms with Crippen molar-refractivity contribution in [1.82, 2.24) is 39.9 Å². The summed E-state index contributed by atoms with van der Waals surface area (Å²) >= 11 is 0. The zero-order valence-electron chi connectivity index (χ0n) is 40.0. The van der Waals surface area contributed by atoms with Crippen LogP contribution in [0.3, 0.4) is 0 Å². The first kappa shape index (κ1) is 43.7. The van der Waals surface area contributed by atoms with Gasteiger partial charge in [0.05, 0.1) is 49.0 Å². The molecule has 344 valence electrons. The molecule has 0 bridgehead atoms. The molecule has 0 saturated heterocycles. The van der Waals surface area contributed by atoms with E-state index < -0.39 is 10.1 Å². The molecule has 0 aliphatic heterocycles. The quantitative estimate of drug-likeness (QED) is 0.0760. The van der Waals surface area contributed by atoms with Gasteiger partial charge in [0.2, 0.25) is 0 Å². The van der Waals surface area contributed by atoms with Gasteiger partial charge in [0, 0.05) is 33.1 Å². The molecule has 1 aliphatic rings. The van der Waals surface area contributed by atoms with Crippen LogP contribution in [0.4, 0.5) is 0 Å². The Morgan fingerprint density at radius 1 is 0.485 bits per heavy atom. The lowest BCUT2D eigenvalue weighted by atomic mass is 9.66. The number of hydrogen-bond acceptors (Lipinski definition) is 6. The second kappa shape index (κ2) is 15.1. The summed E-state index contributed by atoms with van der Waals surface area (Å²) in [4.78, 5) is 33.8. The number of rotatable bonds is 12. The highest BCUT2D eigenvalue weighted by atomic mass is 32.2. The fraction of sp³-hybridized carbons (Fsp3) is 0.286. The van der Waals surface area contributed by atoms with E-state index in [1.165, 1.54) is 34.4 Å². The van der Waals surface area contributed by atoms with Gasteiger partial charge in [-0.25, -0.2) is 19.9 Å². The summed E-state index contributed by atoms with van der Waals surface area (Å²) in [6.07, 6.45) is 2.89. The molecule has 10 aromatic rings. The van der Waals surface area contributed by atoms with E-state index in [9.17, 15) is 13.0 Å². The molecule has 0 fully saturated rings. The molecule has 68 heavy (non-hydrogen) atoms. The summed E-state index contributed by atoms with van der Waals surface area (Å²) < 4.78 is 35.6. The van der Waals surface area contributed by atoms with Crippen LogP contribution in [-0.4, -0.2) is 52.8 Å². The summed E-state index contributed by atoms with van der Waals surface area (Å²) in [6, 6.07) is 36.7. The van der Waals surface area contributed by atoms with Gasteiger partial charge in [-0.05, 0) is 131 Å². The van der Waals surface area contributed by atoms with E-state index in [1.807, 2.05) is 12.1 Å². The molecule has 11 nitrogen and oxygen atoms in total. The van der Waals surface area contributed by atoms with Gasteiger partial charge in [-0.2, -0.15) is 8.42 Å². The molecule has 1 aliphatic carbocycles. The molecule has 4 heterocycles. The van der Waals surface area contributed by atoms with Gasteiger partial charge in [0.1, 0.15) is 23.3 Å². The molecular formula is C56H56N8O3S. The summed E-state index contributed by atoms with van der Waals surface area (Å²) in [5.41, 5.74) is 15.8. The molecule has 2 unspecified atom stereocenters. The first-order valence-electron chi connectivity index (χ1n) is 23.6. The zero-order chi connectivity index (χ0) is 47.7. The van der Waals surface area contributed by atoms with Gasteiger partial charge in [-0.15, -0.1) is 0 Å². The standard InChI is InChI=1S/C56H56N8O3S/c1-10-53(4,5)35-16-19-41-44(26-35)60-49(57-41)31-14-13-15-32(22-31)50-63-47-29-39-40(30-48(47)64-50)56(39,9)55(8,12-3)37-18-21-43-46(28-37)62-52(59-43)34-23-33(24-38(25-34)68(65,66)67)51-58-42-20-17-36(27-45(42)61-51)54(6,7)11-2/h13-30H,10-12H2,1-9H3,(H,57,60)(H,58,61)(H,59,62)(H,63,64)(H,65,66,67). The summed E-state index contributed by atoms with van der Waals surface area (Å²) in [5, 5.41) is 0. The van der Waals surface area contributed by atoms with Crippen LogP contribution in [0.15, 0.2) is 114 Å². The maximum absolute atomic E-state index is 12.7. The number of fused-ring (bicyclic) bond motifs is 5. The molecule has 0 amide bonds. The fourth-order valence-corrected chi connectivity index (χ4v) is 10.8. The van der Waals surface area contributed by atoms with Gasteiger partial charge in [0.15, 0.2) is 0 Å². The zero-order valence-corrected chi connectivity index (χ0v) is 40.8. The molecule has 0 saturated carbocycles. The Morgan fingerprint density at radius 2 is 0.882 bits per heavy atom. The molecule has 4 aromatic heterocycles. The van der Waals surface area contributed by atoms with Gasteiger partial charge >= 0.3 is 0 Å². The van der Waals surface area contributed by atoms with Crippen molar-refractivity contribution in [2.75, 3.05) is 0 Å². The van der Waals surface area contributed by atoms with E-state index in [4.69, 9.17) is 19.9 Å². The van der Waals surface area contributed by atoms with E-state index >= 15 is 0 Å². The van der Waals surface area contributed by atoms with Crippen LogP contribution in [0, 0.1) is 0 Å². The van der Waals surface area contributed by atoms with Gasteiger partial charge in [-0.1, -0.05) is 98.7 Å². The van der Waals surface area contributed by atoms with Crippen molar-refractivity contribution < 1.29 is 13.0 Å². The van der Waals surface area contributed by atoms with Gasteiger partial charge < -0.3 is 19.9 Å². The predicted molar refractivity (Wildman–Crippen MR) is 274 cm³/mol. The number of aromatic amines is 4. The molecule has 6 aromatic carbocycles. The van der Waals surface area contributed by atoms with Gasteiger partial charge in [-0.3, -0.25) is 4.55 Å². The Balaban J connectivity index is 0.886. The number of nitrogens with zero attached hydrogens (tertiary/aromatic N) is 4. The van der Waals surface area contributed by atoms with Crippen molar-refractivity contribution in [1.29, 1.82) is 0 Å². The van der Waals surface area contributed by atoms with Crippen molar-refractivity contribution in [2.24, 2.45) is 0 Å². The lowest BCUT2D eigenvalue weighted by Crippen LogP contribution is -2.35. The third-order valence-corrected chi connectivity index (χ3v) is 16.9. The van der Waals surface area contributed by atoms with Crippen molar-refractivity contribution in [3.63, 3.8) is 0 Å². The maximum Gasteiger partial charge on any atom is 0.294 e. The second-order valence-electron chi connectivity index (χ2n) is 20.5. The van der Waals surface area contributed by atoms with Crippen molar-refractivity contribution in [3.8, 4) is 45.6 Å². The first-order valence-corrected chi connectivity index (χ1v) is 25.1. The molecule has 0 spiro atoms. The minimum absolute atomic E-state index is 0.0242. The average Bonchev–Trinajstić information content (AvgIpc) is 3.98. The van der Waals surface area contributed by atoms with E-state index in [2.05, 4.69) is 167 Å². The highest BCUT2D eigenvalue weighted by Gasteiger charge is 2.58. The number of hydrogen-bond donors (Lipinski definition) is 5. The van der Waals surface area contributed by atoms with E-state index in [0.717, 1.165) is 91.7 Å². The molecule has 2 atom stereocenters. The van der Waals surface area contributed by atoms with Crippen LogP contribution in [0.25, 0.3) is 89.7 Å². The third-order valence-electron chi connectivity index (χ3n) is 16.0. The maximum atomic E-state index is 12.7. The molecular weight excluding hydrogens is 865 g/mol. The second-order valence-corrected chi connectivity index (χ2v) is 22.0. The number of imidazole rings is 4. The number of benzene rings is 6. The van der Waals surface area contributed by atoms with Crippen LogP contribution < -0.4 is 0 Å². The van der Waals surface area contributed by atoms with Crippen molar-refractivity contribution in [2.45, 2.75) is 108 Å². The lowest BCUT2D eigenvalue weighted by molar-refractivity contribution is 0.344. The van der Waals surface area contributed by atoms with E-state index in [-0.39, 0.29) is 26.6 Å². The molecule has 5 N–H and O–H groups in total. The van der Waals surface area contributed by atoms with E-state index in [0.29, 0.717) is 22.8 Å². The lowest BCUT2D eigenvalue weighted by Gasteiger charge is -2.37. The Hall–Kier alpha value is -6.89. The Kier molecular flexibility index (Phi) is 9.67. The van der Waals surface area contributed by atoms with Crippen molar-refractivity contribution in [3.05, 3.63) is 137 Å². The highest BCUT2D eigenvalue weighted by Crippen LogP contribution is 2.63. The van der Waals surface area contributed by atoms with Crippen LogP contribution in [0.1, 0.15) is 109 Å². The summed E-state index contributed by atoms with van der Waals surface area (Å²) in [6.45, 7) is 20.2. The Morgan fingerprint density at radius 3 is 1.34 bits per heavy atom. The minimum atomic E-state index is -4.56. The average molecular weight is 921 g/mol. The van der Waals surface area contributed by atoms with E-state index in [1.54, 1.807) is 0 Å². The minimum Gasteiger partial charge on any atom is -0.338 e. The first-order chi connectivity index (χ1) is 32.3. The van der Waals surface area contributed by atoms with Crippen LogP contribution in [0.2, 0.25) is 0 Å². The Labute approximate surface area is 396 Å². The fourth-order valence-electron chi connectivity index (χ4n) is 10.2. The van der Waals surface area contributed by atoms with Crippen LogP contribution in [-0.2, 0) is 31.8 Å². The predicted octanol–water partition coefficient (Wildman–Crippen LogP) is 13.5. The number of nitrogens with one attached hydrogen (secondary N) is 4. The Bertz CT molecular complexity index is 3750. The smallest absolute Gasteiger partial charge is 0.294 e. The van der Waals surface area contributed by atoms with Gasteiger partial charge in [0.25, 0.3) is 10.1 Å². The van der Waals surface area contributed by atoms with Crippen LogP contribution >= 0.6 is 0 Å². The molecule has 12 heteroatoms. The highest BCUT2D eigenvalue weighted by molar-refractivity contribution is 7.85. The third kappa shape index (κ3) is 6.90. The number of aromatic nitrogens is 8. The molecule has 0 radical (unpaired) electrons. The van der Waals surface area contributed by atoms with Crippen molar-refractivity contribution >= 4 is 54.3 Å². The summed E-state index contributed by atoms with van der Waals surface area (Å²) in [5.74, 6) is 2.62. The normalized spacial score (nSPS) is 14.9. The van der Waals surface area contributed by atoms with Crippen LogP contribution in [0.5, 0.6) is 0 Å². The summed E-state index contributed by atoms with van der Waals surface area (Å²) in [7, 11) is -4.56. The number of H-pyrrole nitrogens is 4. The molecule has 11 rings (SSSR count). The SMILES string of the molecule is CCC(C)(C)c1ccc2[nH]c(-c3cccc(-c4nc5cc6c(cc5[nH]4)C6(C)C(C)(CC)c4ccc5[nH]c(-c6cc(-c7nc8cc(C(C)(C)CC)ccc8[nH]7)cc(S(=O)(=O)O)c6)nc5c4)c3)nc2c1. The largest absolute Gasteiger partial charge is 0.338 e.